The number of hydrogen-bond acceptors (Lipinski definition) is 6. The first-order valence-corrected chi connectivity index (χ1v) is 13.4. The number of nitrogens with one attached hydrogen (secondary N) is 1. The van der Waals surface area contributed by atoms with Crippen LogP contribution in [0.25, 0.3) is 0 Å². The summed E-state index contributed by atoms with van der Waals surface area (Å²) < 4.78 is 30.0. The normalized spacial score (nSPS) is 24.0. The molecule has 2 aromatic heterocycles. The quantitative estimate of drug-likeness (QED) is 0.710. The van der Waals surface area contributed by atoms with Gasteiger partial charge in [-0.2, -0.15) is 9.40 Å². The molecule has 4 heterocycles. The van der Waals surface area contributed by atoms with Crippen molar-refractivity contribution in [3.05, 3.63) is 42.5 Å². The topological polar surface area (TPSA) is 100 Å². The van der Waals surface area contributed by atoms with Crippen molar-refractivity contribution in [1.29, 1.82) is 0 Å². The van der Waals surface area contributed by atoms with Crippen molar-refractivity contribution in [2.24, 2.45) is 5.92 Å². The van der Waals surface area contributed by atoms with Crippen molar-refractivity contribution in [3.63, 3.8) is 0 Å². The fraction of sp³-hybridized carbons (Fsp3) is 0.609. The zero-order valence-corrected chi connectivity index (χ0v) is 20.1. The first-order valence-electron chi connectivity index (χ1n) is 11.9. The number of carbonyl (C=O) groups excluding carboxylic acids is 1. The van der Waals surface area contributed by atoms with Crippen LogP contribution in [0.2, 0.25) is 0 Å². The predicted octanol–water partition coefficient (Wildman–Crippen LogP) is 1.87. The lowest BCUT2D eigenvalue weighted by Gasteiger charge is -2.43. The summed E-state index contributed by atoms with van der Waals surface area (Å²) in [7, 11) is -3.68. The minimum atomic E-state index is -3.68. The smallest absolute Gasteiger partial charge is 0.246 e. The number of fused-ring (bicyclic) bond motifs is 1. The van der Waals surface area contributed by atoms with Crippen molar-refractivity contribution < 1.29 is 13.2 Å². The summed E-state index contributed by atoms with van der Waals surface area (Å²) in [4.78, 5) is 19.8. The molecule has 9 nitrogen and oxygen atoms in total. The first kappa shape index (κ1) is 23.8. The average molecular weight is 475 g/mol. The minimum absolute atomic E-state index is 0.0393. The zero-order valence-electron chi connectivity index (χ0n) is 19.3. The van der Waals surface area contributed by atoms with Crippen molar-refractivity contribution in [3.8, 4) is 0 Å². The summed E-state index contributed by atoms with van der Waals surface area (Å²) in [6.07, 6.45) is 11.2. The molecule has 2 saturated heterocycles. The fourth-order valence-electron chi connectivity index (χ4n) is 4.82. The third-order valence-corrected chi connectivity index (χ3v) is 8.55. The molecule has 2 unspecified atom stereocenters. The third kappa shape index (κ3) is 5.62. The molecule has 0 aromatic carbocycles. The monoisotopic (exact) mass is 474 g/mol. The lowest BCUT2D eigenvalue weighted by molar-refractivity contribution is -0.129. The van der Waals surface area contributed by atoms with Crippen LogP contribution in [0.4, 0.5) is 0 Å². The lowest BCUT2D eigenvalue weighted by Crippen LogP contribution is -2.57. The van der Waals surface area contributed by atoms with Gasteiger partial charge >= 0.3 is 0 Å². The van der Waals surface area contributed by atoms with E-state index in [9.17, 15) is 13.2 Å². The van der Waals surface area contributed by atoms with E-state index in [1.807, 2.05) is 19.1 Å². The molecule has 0 saturated carbocycles. The Morgan fingerprint density at radius 3 is 2.67 bits per heavy atom. The minimum Gasteiger partial charge on any atom is -0.356 e. The second-order valence-corrected chi connectivity index (χ2v) is 10.8. The van der Waals surface area contributed by atoms with E-state index in [4.69, 9.17) is 0 Å². The van der Waals surface area contributed by atoms with Gasteiger partial charge in [-0.1, -0.05) is 12.8 Å². The van der Waals surface area contributed by atoms with E-state index in [0.717, 1.165) is 37.8 Å². The maximum absolute atomic E-state index is 13.4. The van der Waals surface area contributed by atoms with Gasteiger partial charge in [-0.15, -0.1) is 0 Å². The maximum atomic E-state index is 13.4. The molecule has 0 spiro atoms. The third-order valence-electron chi connectivity index (χ3n) is 6.73. The number of amides is 1. The second kappa shape index (κ2) is 10.8. The van der Waals surface area contributed by atoms with Gasteiger partial charge in [-0.25, -0.2) is 8.42 Å². The maximum Gasteiger partial charge on any atom is 0.246 e. The van der Waals surface area contributed by atoms with Crippen LogP contribution in [-0.2, 0) is 27.9 Å². The molecule has 180 valence electrons. The summed E-state index contributed by atoms with van der Waals surface area (Å²) in [6, 6.07) is 3.77. The van der Waals surface area contributed by atoms with E-state index < -0.39 is 10.0 Å². The molecular weight excluding hydrogens is 440 g/mol. The SMILES string of the molecule is CCn1cc(S(=O)(=O)N2CCC3C(=O)NCCCCCCN(Cc4ccncc4)C3C2)cn1. The first-order chi connectivity index (χ1) is 16.0. The molecule has 2 aliphatic heterocycles. The molecule has 2 fully saturated rings. The van der Waals surface area contributed by atoms with Crippen LogP contribution in [0.5, 0.6) is 0 Å². The molecule has 10 heteroatoms. The van der Waals surface area contributed by atoms with Crippen molar-refractivity contribution >= 4 is 15.9 Å². The number of nitrogens with zero attached hydrogens (tertiary/aromatic N) is 5. The van der Waals surface area contributed by atoms with Gasteiger partial charge in [0.15, 0.2) is 0 Å². The number of rotatable bonds is 5. The van der Waals surface area contributed by atoms with Gasteiger partial charge in [0.1, 0.15) is 4.90 Å². The Kier molecular flexibility index (Phi) is 7.77. The summed E-state index contributed by atoms with van der Waals surface area (Å²) in [5.74, 6) is -0.202. The molecule has 4 rings (SSSR count). The molecule has 0 aliphatic carbocycles. The predicted molar refractivity (Wildman–Crippen MR) is 125 cm³/mol. The van der Waals surface area contributed by atoms with E-state index in [-0.39, 0.29) is 22.8 Å². The standard InChI is InChI=1S/C23H34N6O3S/c1-2-28-17-20(15-26-28)33(31,32)29-14-9-21-22(18-29)27(16-19-7-11-24-12-8-19)13-6-4-3-5-10-25-23(21)30/h7-8,11-12,15,17,21-22H,2-6,9-10,13-14,16,18H2,1H3,(H,25,30). The van der Waals surface area contributed by atoms with E-state index in [0.29, 0.717) is 39.1 Å². The summed E-state index contributed by atoms with van der Waals surface area (Å²) in [6.45, 7) is 5.34. The van der Waals surface area contributed by atoms with E-state index >= 15 is 0 Å². The Morgan fingerprint density at radius 2 is 1.91 bits per heavy atom. The number of hydrogen-bond donors (Lipinski definition) is 1. The Labute approximate surface area is 196 Å². The Morgan fingerprint density at radius 1 is 1.12 bits per heavy atom. The molecule has 2 aliphatic rings. The molecule has 0 bridgehead atoms. The van der Waals surface area contributed by atoms with Crippen molar-refractivity contribution in [2.75, 3.05) is 26.2 Å². The van der Waals surface area contributed by atoms with Gasteiger partial charge in [0.25, 0.3) is 0 Å². The molecule has 0 radical (unpaired) electrons. The fourth-order valence-corrected chi connectivity index (χ4v) is 6.25. The number of piperidine rings is 1. The Bertz CT molecular complexity index is 1030. The van der Waals surface area contributed by atoms with Gasteiger partial charge in [0.05, 0.1) is 12.1 Å². The number of pyridine rings is 1. The van der Waals surface area contributed by atoms with Crippen molar-refractivity contribution in [2.45, 2.75) is 63.1 Å². The number of sulfonamides is 1. The highest BCUT2D eigenvalue weighted by molar-refractivity contribution is 7.89. The lowest BCUT2D eigenvalue weighted by atomic mass is 9.90. The molecule has 1 amide bonds. The highest BCUT2D eigenvalue weighted by Gasteiger charge is 2.41. The number of carbonyl (C=O) groups is 1. The molecular formula is C23H34N6O3S. The average Bonchev–Trinajstić information content (AvgIpc) is 3.32. The van der Waals surface area contributed by atoms with Gasteiger partial charge in [-0.3, -0.25) is 19.4 Å². The Hall–Kier alpha value is -2.30. The number of aromatic nitrogens is 3. The van der Waals surface area contributed by atoms with Crippen LogP contribution in [0.1, 0.15) is 44.6 Å². The van der Waals surface area contributed by atoms with Gasteiger partial charge in [-0.05, 0) is 50.4 Å². The molecule has 1 N–H and O–H groups in total. The molecule has 33 heavy (non-hydrogen) atoms. The van der Waals surface area contributed by atoms with Crippen LogP contribution in [0.15, 0.2) is 41.8 Å². The van der Waals surface area contributed by atoms with E-state index in [1.54, 1.807) is 23.3 Å². The summed E-state index contributed by atoms with van der Waals surface area (Å²) in [5.41, 5.74) is 1.11. The summed E-state index contributed by atoms with van der Waals surface area (Å²) >= 11 is 0. The largest absolute Gasteiger partial charge is 0.356 e. The second-order valence-electron chi connectivity index (χ2n) is 8.89. The van der Waals surface area contributed by atoms with Gasteiger partial charge in [0.2, 0.25) is 15.9 Å². The van der Waals surface area contributed by atoms with E-state index in [2.05, 4.69) is 20.3 Å². The van der Waals surface area contributed by atoms with Gasteiger partial charge < -0.3 is 5.32 Å². The zero-order chi connectivity index (χ0) is 23.3. The molecule has 2 aromatic rings. The van der Waals surface area contributed by atoms with Crippen LogP contribution in [-0.4, -0.2) is 70.5 Å². The summed E-state index contributed by atoms with van der Waals surface area (Å²) in [5, 5.41) is 7.25. The van der Waals surface area contributed by atoms with Crippen LogP contribution in [0.3, 0.4) is 0 Å². The van der Waals surface area contributed by atoms with E-state index in [1.165, 1.54) is 10.5 Å². The van der Waals surface area contributed by atoms with Crippen LogP contribution >= 0.6 is 0 Å². The Balaban J connectivity index is 1.62. The van der Waals surface area contributed by atoms with Crippen LogP contribution in [0, 0.1) is 5.92 Å². The van der Waals surface area contributed by atoms with Gasteiger partial charge in [0, 0.05) is 57.4 Å². The van der Waals surface area contributed by atoms with Crippen molar-refractivity contribution in [1.82, 2.24) is 29.3 Å². The van der Waals surface area contributed by atoms with Crippen LogP contribution < -0.4 is 5.32 Å². The highest BCUT2D eigenvalue weighted by atomic mass is 32.2. The molecule has 2 atom stereocenters. The number of aryl methyl sites for hydroxylation is 1. The highest BCUT2D eigenvalue weighted by Crippen LogP contribution is 2.29.